The quantitative estimate of drug-likeness (QED) is 0.121. The van der Waals surface area contributed by atoms with Gasteiger partial charge in [0, 0.05) is 11.1 Å². The topological polar surface area (TPSA) is 119 Å². The van der Waals surface area contributed by atoms with Gasteiger partial charge >= 0.3 is 11.7 Å². The zero-order valence-electron chi connectivity index (χ0n) is 26.9. The number of esters is 1. The molecule has 0 radical (unpaired) electrons. The Balaban J connectivity index is 1.70. The minimum atomic E-state index is -1.72. The largest absolute Gasteiger partial charge is 0.496 e. The molecule has 5 rings (SSSR count). The molecule has 2 aromatic carbocycles. The highest BCUT2D eigenvalue weighted by Gasteiger charge is 2.37. The van der Waals surface area contributed by atoms with Gasteiger partial charge in [-0.1, -0.05) is 47.2 Å². The number of hydrogen-bond acceptors (Lipinski definition) is 9. The van der Waals surface area contributed by atoms with Gasteiger partial charge in [-0.2, -0.15) is 10.2 Å². The first-order chi connectivity index (χ1) is 22.4. The number of benzene rings is 2. The first-order valence-corrected chi connectivity index (χ1v) is 15.7. The van der Waals surface area contributed by atoms with Crippen molar-refractivity contribution < 1.29 is 23.4 Å². The van der Waals surface area contributed by atoms with Crippen molar-refractivity contribution in [2.75, 3.05) is 13.7 Å². The predicted molar refractivity (Wildman–Crippen MR) is 177 cm³/mol. The molecule has 0 N–H and O–H groups in total. The Kier molecular flexibility index (Phi) is 9.87. The van der Waals surface area contributed by atoms with Crippen molar-refractivity contribution >= 4 is 27.5 Å². The highest BCUT2D eigenvalue weighted by atomic mass is 32.1. The van der Waals surface area contributed by atoms with Crippen LogP contribution in [0, 0.1) is 12.7 Å². The molecule has 3 aromatic heterocycles. The normalized spacial score (nSPS) is 12.3. The monoisotopic (exact) mass is 661 g/mol. The summed E-state index contributed by atoms with van der Waals surface area (Å²) >= 11 is 1.15. The number of nitrogens with zero attached hydrogens (tertiary/aromatic N) is 5. The van der Waals surface area contributed by atoms with Gasteiger partial charge in [0.05, 0.1) is 38.0 Å². The van der Waals surface area contributed by atoms with Crippen molar-refractivity contribution in [3.05, 3.63) is 116 Å². The summed E-state index contributed by atoms with van der Waals surface area (Å²) in [5, 5.41) is 9.18. The van der Waals surface area contributed by atoms with Crippen LogP contribution in [0.25, 0.3) is 15.2 Å². The maximum absolute atomic E-state index is 14.6. The molecule has 0 amide bonds. The van der Waals surface area contributed by atoms with Crippen LogP contribution in [0.5, 0.6) is 5.75 Å². The average Bonchev–Trinajstić information content (AvgIpc) is 3.69. The minimum Gasteiger partial charge on any atom is -0.496 e. The number of thiophene rings is 1. The fraction of sp³-hybridized carbons (Fsp3) is 0.324. The SMILES string of the molecule is C=C(C)CCO[C@@H](Cn1c(=O)n(C(C)(C)C(=O)OCc2ccccc2)c(=O)c2c(C)c(-n3nccn3)sc21)c1cc(F)ccc1OC. The molecule has 0 saturated carbocycles. The summed E-state index contributed by atoms with van der Waals surface area (Å²) in [6, 6.07) is 13.1. The molecule has 0 bridgehead atoms. The number of carbonyl (C=O) groups is 1. The Hall–Kier alpha value is -4.88. The second kappa shape index (κ2) is 13.9. The summed E-state index contributed by atoms with van der Waals surface area (Å²) in [4.78, 5) is 44.1. The van der Waals surface area contributed by atoms with Gasteiger partial charge in [0.25, 0.3) is 5.56 Å². The maximum Gasteiger partial charge on any atom is 0.333 e. The standard InChI is InChI=1S/C34H36FN5O6S/c1-21(2)14-17-45-27(25-18-24(35)12-13-26(25)44-6)19-38-31-28(22(3)30(47-31)40-36-15-16-37-40)29(41)39(33(38)43)34(4,5)32(42)46-20-23-10-8-7-9-11-23/h7-13,15-16,18,27H,1,14,17,19-20H2,2-6H3/t27-/m0/s1. The van der Waals surface area contributed by atoms with Gasteiger partial charge < -0.3 is 14.2 Å². The van der Waals surface area contributed by atoms with E-state index in [2.05, 4.69) is 16.8 Å². The third-order valence-corrected chi connectivity index (χ3v) is 9.07. The number of methoxy groups -OCH3 is 1. The zero-order valence-corrected chi connectivity index (χ0v) is 27.7. The maximum atomic E-state index is 14.6. The van der Waals surface area contributed by atoms with E-state index in [1.165, 1.54) is 60.9 Å². The highest BCUT2D eigenvalue weighted by Crippen LogP contribution is 2.34. The number of fused-ring (bicyclic) bond motifs is 1. The number of halogens is 1. The van der Waals surface area contributed by atoms with Crippen LogP contribution in [0.4, 0.5) is 4.39 Å². The lowest BCUT2D eigenvalue weighted by Crippen LogP contribution is -2.53. The Morgan fingerprint density at radius 1 is 1.11 bits per heavy atom. The van der Waals surface area contributed by atoms with Crippen LogP contribution in [-0.4, -0.2) is 43.8 Å². The Morgan fingerprint density at radius 2 is 1.81 bits per heavy atom. The van der Waals surface area contributed by atoms with E-state index < -0.39 is 34.7 Å². The molecular formula is C34H36FN5O6S. The average molecular weight is 662 g/mol. The molecule has 13 heteroatoms. The van der Waals surface area contributed by atoms with E-state index in [-0.39, 0.29) is 25.1 Å². The first-order valence-electron chi connectivity index (χ1n) is 14.9. The van der Waals surface area contributed by atoms with E-state index in [1.54, 1.807) is 19.1 Å². The second-order valence-corrected chi connectivity index (χ2v) is 12.6. The first kappa shape index (κ1) is 33.5. The van der Waals surface area contributed by atoms with Crippen LogP contribution in [0.1, 0.15) is 50.0 Å². The highest BCUT2D eigenvalue weighted by molar-refractivity contribution is 7.21. The fourth-order valence-corrected chi connectivity index (χ4v) is 6.45. The van der Waals surface area contributed by atoms with Crippen molar-refractivity contribution in [2.45, 2.75) is 58.9 Å². The lowest BCUT2D eigenvalue weighted by Gasteiger charge is -2.27. The number of carbonyl (C=O) groups excluding carboxylic acids is 1. The van der Waals surface area contributed by atoms with Crippen molar-refractivity contribution in [1.82, 2.24) is 24.1 Å². The number of rotatable bonds is 13. The minimum absolute atomic E-state index is 0.0428. The van der Waals surface area contributed by atoms with E-state index in [0.717, 1.165) is 27.0 Å². The molecule has 5 aromatic rings. The molecule has 1 atom stereocenters. The van der Waals surface area contributed by atoms with Gasteiger partial charge in [-0.05, 0) is 57.9 Å². The molecule has 0 spiro atoms. The summed E-state index contributed by atoms with van der Waals surface area (Å²) < 4.78 is 34.4. The molecule has 0 unspecified atom stereocenters. The molecule has 0 saturated heterocycles. The predicted octanol–water partition coefficient (Wildman–Crippen LogP) is 5.46. The summed E-state index contributed by atoms with van der Waals surface area (Å²) in [5.41, 5.74) is -0.636. The van der Waals surface area contributed by atoms with Crippen LogP contribution < -0.4 is 16.0 Å². The second-order valence-electron chi connectivity index (χ2n) is 11.6. The lowest BCUT2D eigenvalue weighted by molar-refractivity contribution is -0.154. The fourth-order valence-electron chi connectivity index (χ4n) is 5.23. The molecule has 11 nitrogen and oxygen atoms in total. The Morgan fingerprint density at radius 3 is 2.47 bits per heavy atom. The van der Waals surface area contributed by atoms with E-state index in [4.69, 9.17) is 14.2 Å². The van der Waals surface area contributed by atoms with Crippen LogP contribution >= 0.6 is 11.3 Å². The van der Waals surface area contributed by atoms with Gasteiger partial charge in [0.15, 0.2) is 0 Å². The number of aromatic nitrogens is 5. The zero-order chi connectivity index (χ0) is 33.9. The lowest BCUT2D eigenvalue weighted by atomic mass is 10.0. The van der Waals surface area contributed by atoms with Gasteiger partial charge in [0.1, 0.15) is 39.6 Å². The molecule has 3 heterocycles. The smallest absolute Gasteiger partial charge is 0.333 e. The van der Waals surface area contributed by atoms with Gasteiger partial charge in [-0.3, -0.25) is 9.36 Å². The third kappa shape index (κ3) is 6.81. The molecule has 47 heavy (non-hydrogen) atoms. The number of hydrogen-bond donors (Lipinski definition) is 0. The summed E-state index contributed by atoms with van der Waals surface area (Å²) in [6.07, 6.45) is 2.63. The molecule has 0 aliphatic carbocycles. The molecule has 0 fully saturated rings. The van der Waals surface area contributed by atoms with Gasteiger partial charge in [-0.15, -0.1) is 11.4 Å². The Labute approximate surface area is 274 Å². The van der Waals surface area contributed by atoms with E-state index in [0.29, 0.717) is 33.1 Å². The summed E-state index contributed by atoms with van der Waals surface area (Å²) in [6.45, 7) is 10.5. The third-order valence-electron chi connectivity index (χ3n) is 7.79. The van der Waals surface area contributed by atoms with Crippen LogP contribution in [0.15, 0.2) is 82.7 Å². The molecule has 0 aliphatic rings. The van der Waals surface area contributed by atoms with Crippen molar-refractivity contribution in [2.24, 2.45) is 0 Å². The molecule has 246 valence electrons. The number of ether oxygens (including phenoxy) is 3. The summed E-state index contributed by atoms with van der Waals surface area (Å²) in [5.74, 6) is -0.926. The van der Waals surface area contributed by atoms with Crippen molar-refractivity contribution in [3.63, 3.8) is 0 Å². The van der Waals surface area contributed by atoms with Crippen molar-refractivity contribution in [1.29, 1.82) is 0 Å². The number of aryl methyl sites for hydroxylation is 1. The Bertz CT molecular complexity index is 2030. The van der Waals surface area contributed by atoms with Crippen LogP contribution in [-0.2, 0) is 33.0 Å². The van der Waals surface area contributed by atoms with Gasteiger partial charge in [0.2, 0.25) is 0 Å². The van der Waals surface area contributed by atoms with Crippen molar-refractivity contribution in [3.8, 4) is 10.8 Å². The molecular weight excluding hydrogens is 625 g/mol. The van der Waals surface area contributed by atoms with Gasteiger partial charge in [-0.25, -0.2) is 18.5 Å². The summed E-state index contributed by atoms with van der Waals surface area (Å²) in [7, 11) is 1.46. The van der Waals surface area contributed by atoms with Crippen LogP contribution in [0.3, 0.4) is 0 Å². The van der Waals surface area contributed by atoms with E-state index >= 15 is 0 Å². The van der Waals surface area contributed by atoms with E-state index in [9.17, 15) is 18.8 Å². The molecule has 0 aliphatic heterocycles. The van der Waals surface area contributed by atoms with E-state index in [1.807, 2.05) is 25.1 Å². The van der Waals surface area contributed by atoms with Crippen LogP contribution in [0.2, 0.25) is 0 Å².